The van der Waals surface area contributed by atoms with Crippen LogP contribution in [0, 0.1) is 0 Å². The van der Waals surface area contributed by atoms with Gasteiger partial charge in [0.15, 0.2) is 0 Å². The van der Waals surface area contributed by atoms with Crippen molar-refractivity contribution < 1.29 is 18.6 Å². The molecule has 0 aliphatic carbocycles. The number of benzene rings is 1. The lowest BCUT2D eigenvalue weighted by Gasteiger charge is -2.09. The second-order valence-electron chi connectivity index (χ2n) is 3.30. The fourth-order valence-electron chi connectivity index (χ4n) is 1.20. The van der Waals surface area contributed by atoms with Crippen LogP contribution in [-0.2, 0) is 9.47 Å². The van der Waals surface area contributed by atoms with Crippen molar-refractivity contribution in [2.75, 3.05) is 45.4 Å². The summed E-state index contributed by atoms with van der Waals surface area (Å²) in [6.45, 7) is 1.38. The van der Waals surface area contributed by atoms with E-state index in [4.69, 9.17) is 19.9 Å². The van der Waals surface area contributed by atoms with E-state index in [2.05, 4.69) is 0 Å². The third-order valence-electron chi connectivity index (χ3n) is 2.00. The molecule has 96 valence electrons. The van der Waals surface area contributed by atoms with Gasteiger partial charge in [0.2, 0.25) is 0 Å². The van der Waals surface area contributed by atoms with Gasteiger partial charge in [-0.2, -0.15) is 0 Å². The standard InChI is InChI=1S/C12H18FNO3/c13-5-6-15-7-8-16-9-10-17-12-4-2-1-3-11(12)14/h1-4H,5-10,14H2. The molecular weight excluding hydrogens is 225 g/mol. The Kier molecular flexibility index (Phi) is 7.09. The molecule has 0 spiro atoms. The molecule has 0 fully saturated rings. The number of ether oxygens (including phenoxy) is 3. The minimum Gasteiger partial charge on any atom is -0.489 e. The third-order valence-corrected chi connectivity index (χ3v) is 2.00. The Morgan fingerprint density at radius 1 is 0.941 bits per heavy atom. The van der Waals surface area contributed by atoms with Gasteiger partial charge in [0, 0.05) is 0 Å². The van der Waals surface area contributed by atoms with Crippen molar-refractivity contribution in [3.05, 3.63) is 24.3 Å². The molecule has 1 aromatic carbocycles. The molecule has 0 heterocycles. The van der Waals surface area contributed by atoms with Crippen molar-refractivity contribution in [1.82, 2.24) is 0 Å². The Morgan fingerprint density at radius 2 is 1.59 bits per heavy atom. The van der Waals surface area contributed by atoms with E-state index in [1.54, 1.807) is 12.1 Å². The van der Waals surface area contributed by atoms with E-state index in [0.717, 1.165) is 0 Å². The van der Waals surface area contributed by atoms with Crippen LogP contribution in [0.2, 0.25) is 0 Å². The summed E-state index contributed by atoms with van der Waals surface area (Å²) in [6.07, 6.45) is 0. The van der Waals surface area contributed by atoms with E-state index >= 15 is 0 Å². The molecule has 2 N–H and O–H groups in total. The summed E-state index contributed by atoms with van der Waals surface area (Å²) >= 11 is 0. The number of hydrogen-bond donors (Lipinski definition) is 1. The van der Waals surface area contributed by atoms with Crippen molar-refractivity contribution in [2.24, 2.45) is 0 Å². The van der Waals surface area contributed by atoms with Gasteiger partial charge in [0.1, 0.15) is 19.0 Å². The number of nitrogen functional groups attached to an aromatic ring is 1. The Bertz CT molecular complexity index is 310. The van der Waals surface area contributed by atoms with Gasteiger partial charge < -0.3 is 19.9 Å². The van der Waals surface area contributed by atoms with E-state index in [0.29, 0.717) is 37.9 Å². The van der Waals surface area contributed by atoms with Crippen molar-refractivity contribution in [3.63, 3.8) is 0 Å². The van der Waals surface area contributed by atoms with E-state index in [1.807, 2.05) is 12.1 Å². The second kappa shape index (κ2) is 8.78. The molecule has 0 bridgehead atoms. The zero-order chi connectivity index (χ0) is 12.3. The van der Waals surface area contributed by atoms with Crippen LogP contribution in [0.5, 0.6) is 5.75 Å². The highest BCUT2D eigenvalue weighted by molar-refractivity contribution is 5.51. The van der Waals surface area contributed by atoms with Gasteiger partial charge >= 0.3 is 0 Å². The summed E-state index contributed by atoms with van der Waals surface area (Å²) in [7, 11) is 0. The average Bonchev–Trinajstić information content (AvgIpc) is 2.35. The van der Waals surface area contributed by atoms with Gasteiger partial charge in [0.25, 0.3) is 0 Å². The lowest BCUT2D eigenvalue weighted by molar-refractivity contribution is 0.0326. The minimum absolute atomic E-state index is 0.125. The maximum atomic E-state index is 11.7. The summed E-state index contributed by atoms with van der Waals surface area (Å²) in [6, 6.07) is 7.29. The molecular formula is C12H18FNO3. The maximum absolute atomic E-state index is 11.7. The van der Waals surface area contributed by atoms with Gasteiger partial charge in [-0.25, -0.2) is 4.39 Å². The lowest BCUT2D eigenvalue weighted by Crippen LogP contribution is -2.11. The van der Waals surface area contributed by atoms with Gasteiger partial charge in [0.05, 0.1) is 32.1 Å². The molecule has 0 saturated heterocycles. The van der Waals surface area contributed by atoms with E-state index < -0.39 is 6.67 Å². The Morgan fingerprint density at radius 3 is 2.29 bits per heavy atom. The summed E-state index contributed by atoms with van der Waals surface area (Å²) in [5, 5.41) is 0. The number of nitrogens with two attached hydrogens (primary N) is 1. The fraction of sp³-hybridized carbons (Fsp3) is 0.500. The van der Waals surface area contributed by atoms with Gasteiger partial charge in [-0.1, -0.05) is 12.1 Å². The lowest BCUT2D eigenvalue weighted by atomic mass is 10.3. The van der Waals surface area contributed by atoms with Gasteiger partial charge in [-0.05, 0) is 12.1 Å². The van der Waals surface area contributed by atoms with E-state index in [-0.39, 0.29) is 6.61 Å². The maximum Gasteiger partial charge on any atom is 0.142 e. The molecule has 5 heteroatoms. The smallest absolute Gasteiger partial charge is 0.142 e. The topological polar surface area (TPSA) is 53.7 Å². The molecule has 0 unspecified atom stereocenters. The van der Waals surface area contributed by atoms with Gasteiger partial charge in [-0.15, -0.1) is 0 Å². The van der Waals surface area contributed by atoms with Crippen LogP contribution in [0.1, 0.15) is 0 Å². The summed E-state index contributed by atoms with van der Waals surface area (Å²) < 4.78 is 27.2. The normalized spacial score (nSPS) is 10.4. The average molecular weight is 243 g/mol. The van der Waals surface area contributed by atoms with Crippen molar-refractivity contribution in [2.45, 2.75) is 0 Å². The van der Waals surface area contributed by atoms with Crippen LogP contribution in [0.15, 0.2) is 24.3 Å². The third kappa shape index (κ3) is 6.09. The van der Waals surface area contributed by atoms with Crippen molar-refractivity contribution in [3.8, 4) is 5.75 Å². The number of hydrogen-bond acceptors (Lipinski definition) is 4. The largest absolute Gasteiger partial charge is 0.489 e. The Labute approximate surface area is 100 Å². The molecule has 1 aromatic rings. The van der Waals surface area contributed by atoms with E-state index in [1.165, 1.54) is 0 Å². The summed E-state index contributed by atoms with van der Waals surface area (Å²) in [5.74, 6) is 0.657. The summed E-state index contributed by atoms with van der Waals surface area (Å²) in [4.78, 5) is 0. The highest BCUT2D eigenvalue weighted by Gasteiger charge is 1.97. The van der Waals surface area contributed by atoms with Gasteiger partial charge in [-0.3, -0.25) is 0 Å². The van der Waals surface area contributed by atoms with Crippen LogP contribution in [0.4, 0.5) is 10.1 Å². The number of alkyl halides is 1. The van der Waals surface area contributed by atoms with Crippen LogP contribution < -0.4 is 10.5 Å². The number of anilines is 1. The van der Waals surface area contributed by atoms with Crippen LogP contribution in [0.25, 0.3) is 0 Å². The molecule has 0 aliphatic rings. The molecule has 0 radical (unpaired) electrons. The minimum atomic E-state index is -0.462. The predicted molar refractivity (Wildman–Crippen MR) is 64.0 cm³/mol. The SMILES string of the molecule is Nc1ccccc1OCCOCCOCCF. The monoisotopic (exact) mass is 243 g/mol. The zero-order valence-corrected chi connectivity index (χ0v) is 9.73. The number of halogens is 1. The first-order chi connectivity index (χ1) is 8.34. The van der Waals surface area contributed by atoms with Crippen LogP contribution in [-0.4, -0.2) is 39.7 Å². The Balaban J connectivity index is 1.99. The first-order valence-corrected chi connectivity index (χ1v) is 5.53. The molecule has 0 amide bonds. The first-order valence-electron chi connectivity index (χ1n) is 5.53. The molecule has 0 aromatic heterocycles. The fourth-order valence-corrected chi connectivity index (χ4v) is 1.20. The molecule has 17 heavy (non-hydrogen) atoms. The first kappa shape index (κ1) is 13.7. The number of rotatable bonds is 9. The van der Waals surface area contributed by atoms with Crippen LogP contribution in [0.3, 0.4) is 0 Å². The number of para-hydroxylation sites is 2. The molecule has 4 nitrogen and oxygen atoms in total. The highest BCUT2D eigenvalue weighted by Crippen LogP contribution is 2.19. The van der Waals surface area contributed by atoms with Crippen LogP contribution >= 0.6 is 0 Å². The van der Waals surface area contributed by atoms with Crippen molar-refractivity contribution >= 4 is 5.69 Å². The molecule has 1 rings (SSSR count). The Hall–Kier alpha value is -1.33. The molecule has 0 saturated carbocycles. The summed E-state index contributed by atoms with van der Waals surface area (Å²) in [5.41, 5.74) is 6.30. The quantitative estimate of drug-likeness (QED) is 0.529. The predicted octanol–water partition coefficient (Wildman–Crippen LogP) is 1.65. The highest BCUT2D eigenvalue weighted by atomic mass is 19.1. The second-order valence-corrected chi connectivity index (χ2v) is 3.30. The zero-order valence-electron chi connectivity index (χ0n) is 9.73. The molecule has 0 atom stereocenters. The van der Waals surface area contributed by atoms with E-state index in [9.17, 15) is 4.39 Å². The van der Waals surface area contributed by atoms with Crippen molar-refractivity contribution in [1.29, 1.82) is 0 Å². The molecule has 0 aliphatic heterocycles.